The van der Waals surface area contributed by atoms with E-state index in [0.717, 1.165) is 24.3 Å². The Kier molecular flexibility index (Phi) is 3.83. The van der Waals surface area contributed by atoms with Gasteiger partial charge in [-0.25, -0.2) is 0 Å². The van der Waals surface area contributed by atoms with Crippen molar-refractivity contribution in [3.05, 3.63) is 36.2 Å². The van der Waals surface area contributed by atoms with Gasteiger partial charge in [-0.3, -0.25) is 0 Å². The molecule has 20 heavy (non-hydrogen) atoms. The summed E-state index contributed by atoms with van der Waals surface area (Å²) in [5.41, 5.74) is 6.93. The van der Waals surface area contributed by atoms with E-state index in [-0.39, 0.29) is 5.41 Å². The second kappa shape index (κ2) is 5.75. The summed E-state index contributed by atoms with van der Waals surface area (Å²) in [4.78, 5) is 4.63. The van der Waals surface area contributed by atoms with E-state index in [2.05, 4.69) is 10.1 Å². The first kappa shape index (κ1) is 13.3. The van der Waals surface area contributed by atoms with E-state index in [4.69, 9.17) is 10.3 Å². The molecule has 106 valence electrons. The average Bonchev–Trinajstić information content (AvgIpc) is 2.88. The minimum atomic E-state index is -0.115. The molecule has 1 aromatic carbocycles. The van der Waals surface area contributed by atoms with Crippen LogP contribution in [0.2, 0.25) is 0 Å². The molecule has 1 heterocycles. The van der Waals surface area contributed by atoms with Crippen LogP contribution in [-0.4, -0.2) is 16.7 Å². The molecule has 0 bridgehead atoms. The number of hydrogen-bond acceptors (Lipinski definition) is 4. The van der Waals surface area contributed by atoms with Crippen LogP contribution in [0.3, 0.4) is 0 Å². The number of hydrogen-bond donors (Lipinski definition) is 1. The molecule has 0 amide bonds. The number of rotatable bonds is 3. The molecule has 1 aliphatic rings. The fourth-order valence-electron chi connectivity index (χ4n) is 3.05. The van der Waals surface area contributed by atoms with Gasteiger partial charge < -0.3 is 10.3 Å². The molecule has 0 spiro atoms. The summed E-state index contributed by atoms with van der Waals surface area (Å²) in [6, 6.07) is 9.94. The Morgan fingerprint density at radius 1 is 1.05 bits per heavy atom. The molecule has 1 saturated carbocycles. The molecule has 1 fully saturated rings. The standard InChI is InChI=1S/C16H21N3O/c17-12-16(10-6-1-2-7-11-16)15-18-14(19-20-15)13-8-4-3-5-9-13/h3-5,8-9H,1-2,6-7,10-12,17H2. The summed E-state index contributed by atoms with van der Waals surface area (Å²) in [5, 5.41) is 4.14. The lowest BCUT2D eigenvalue weighted by Gasteiger charge is -2.26. The van der Waals surface area contributed by atoms with Gasteiger partial charge >= 0.3 is 0 Å². The predicted molar refractivity (Wildman–Crippen MR) is 78.2 cm³/mol. The van der Waals surface area contributed by atoms with Crippen LogP contribution in [0, 0.1) is 0 Å². The molecule has 2 aromatic rings. The van der Waals surface area contributed by atoms with Gasteiger partial charge in [0.2, 0.25) is 11.7 Å². The van der Waals surface area contributed by atoms with Gasteiger partial charge in [0.1, 0.15) is 0 Å². The van der Waals surface area contributed by atoms with Crippen molar-refractivity contribution in [2.24, 2.45) is 5.73 Å². The molecule has 0 unspecified atom stereocenters. The highest BCUT2D eigenvalue weighted by molar-refractivity contribution is 5.53. The molecular weight excluding hydrogens is 250 g/mol. The zero-order valence-corrected chi connectivity index (χ0v) is 11.7. The van der Waals surface area contributed by atoms with Gasteiger partial charge in [-0.1, -0.05) is 61.2 Å². The molecule has 0 atom stereocenters. The highest BCUT2D eigenvalue weighted by Crippen LogP contribution is 2.37. The third-order valence-corrected chi connectivity index (χ3v) is 4.36. The molecule has 4 nitrogen and oxygen atoms in total. The number of benzene rings is 1. The van der Waals surface area contributed by atoms with Crippen LogP contribution in [0.5, 0.6) is 0 Å². The highest BCUT2D eigenvalue weighted by Gasteiger charge is 2.37. The van der Waals surface area contributed by atoms with Gasteiger partial charge in [0.05, 0.1) is 5.41 Å². The summed E-state index contributed by atoms with van der Waals surface area (Å²) in [6.45, 7) is 0.587. The maximum absolute atomic E-state index is 6.06. The predicted octanol–water partition coefficient (Wildman–Crippen LogP) is 3.29. The first-order chi connectivity index (χ1) is 9.84. The molecule has 0 aliphatic heterocycles. The molecule has 3 rings (SSSR count). The Hall–Kier alpha value is -1.68. The van der Waals surface area contributed by atoms with Crippen molar-refractivity contribution in [1.82, 2.24) is 10.1 Å². The second-order valence-electron chi connectivity index (χ2n) is 5.69. The van der Waals surface area contributed by atoms with Crippen LogP contribution in [0.1, 0.15) is 44.4 Å². The van der Waals surface area contributed by atoms with Gasteiger partial charge in [-0.15, -0.1) is 0 Å². The third kappa shape index (κ3) is 2.48. The fourth-order valence-corrected chi connectivity index (χ4v) is 3.05. The largest absolute Gasteiger partial charge is 0.338 e. The van der Waals surface area contributed by atoms with E-state index in [9.17, 15) is 0 Å². The topological polar surface area (TPSA) is 64.9 Å². The third-order valence-electron chi connectivity index (χ3n) is 4.36. The van der Waals surface area contributed by atoms with Crippen molar-refractivity contribution >= 4 is 0 Å². The number of nitrogens with two attached hydrogens (primary N) is 1. The summed E-state index contributed by atoms with van der Waals surface area (Å²) in [7, 11) is 0. The monoisotopic (exact) mass is 271 g/mol. The van der Waals surface area contributed by atoms with Crippen molar-refractivity contribution in [3.8, 4) is 11.4 Å². The SMILES string of the molecule is NCC1(c2nc(-c3ccccc3)no2)CCCCCC1. The smallest absolute Gasteiger partial charge is 0.234 e. The van der Waals surface area contributed by atoms with E-state index >= 15 is 0 Å². The van der Waals surface area contributed by atoms with E-state index in [1.165, 1.54) is 25.7 Å². The van der Waals surface area contributed by atoms with Crippen LogP contribution in [-0.2, 0) is 5.41 Å². The van der Waals surface area contributed by atoms with Gasteiger partial charge in [-0.05, 0) is 12.8 Å². The summed E-state index contributed by atoms with van der Waals surface area (Å²) in [6.07, 6.45) is 7.06. The van der Waals surface area contributed by atoms with Crippen molar-refractivity contribution in [2.75, 3.05) is 6.54 Å². The van der Waals surface area contributed by atoms with Gasteiger partial charge in [0.25, 0.3) is 0 Å². The minimum absolute atomic E-state index is 0.115. The van der Waals surface area contributed by atoms with E-state index in [0.29, 0.717) is 12.4 Å². The molecule has 1 aromatic heterocycles. The van der Waals surface area contributed by atoms with Crippen molar-refractivity contribution in [1.29, 1.82) is 0 Å². The quantitative estimate of drug-likeness (QED) is 0.870. The maximum atomic E-state index is 6.06. The maximum Gasteiger partial charge on any atom is 0.234 e. The Morgan fingerprint density at radius 2 is 1.75 bits per heavy atom. The van der Waals surface area contributed by atoms with E-state index in [1.807, 2.05) is 30.3 Å². The van der Waals surface area contributed by atoms with E-state index in [1.54, 1.807) is 0 Å². The van der Waals surface area contributed by atoms with Crippen molar-refractivity contribution in [3.63, 3.8) is 0 Å². The van der Waals surface area contributed by atoms with Gasteiger partial charge in [0, 0.05) is 12.1 Å². The lowest BCUT2D eigenvalue weighted by atomic mass is 9.80. The summed E-state index contributed by atoms with van der Waals surface area (Å²) in [5.74, 6) is 1.39. The normalized spacial score (nSPS) is 18.6. The van der Waals surface area contributed by atoms with Crippen LogP contribution in [0.15, 0.2) is 34.9 Å². The Balaban J connectivity index is 1.91. The summed E-state index contributed by atoms with van der Waals surface area (Å²) < 4.78 is 5.57. The fraction of sp³-hybridized carbons (Fsp3) is 0.500. The lowest BCUT2D eigenvalue weighted by Crippen LogP contribution is -2.35. The second-order valence-corrected chi connectivity index (χ2v) is 5.69. The lowest BCUT2D eigenvalue weighted by molar-refractivity contribution is 0.257. The minimum Gasteiger partial charge on any atom is -0.338 e. The van der Waals surface area contributed by atoms with Crippen LogP contribution >= 0.6 is 0 Å². The van der Waals surface area contributed by atoms with Crippen molar-refractivity contribution in [2.45, 2.75) is 43.9 Å². The molecule has 2 N–H and O–H groups in total. The molecule has 1 aliphatic carbocycles. The van der Waals surface area contributed by atoms with Crippen LogP contribution in [0.4, 0.5) is 0 Å². The Labute approximate surface area is 119 Å². The molecular formula is C16H21N3O. The van der Waals surface area contributed by atoms with Crippen LogP contribution < -0.4 is 5.73 Å². The van der Waals surface area contributed by atoms with Crippen LogP contribution in [0.25, 0.3) is 11.4 Å². The van der Waals surface area contributed by atoms with E-state index < -0.39 is 0 Å². The first-order valence-electron chi connectivity index (χ1n) is 7.44. The molecule has 0 radical (unpaired) electrons. The number of aromatic nitrogens is 2. The van der Waals surface area contributed by atoms with Crippen molar-refractivity contribution < 1.29 is 4.52 Å². The first-order valence-corrected chi connectivity index (χ1v) is 7.44. The number of nitrogens with zero attached hydrogens (tertiary/aromatic N) is 2. The van der Waals surface area contributed by atoms with Gasteiger partial charge in [-0.2, -0.15) is 4.98 Å². The zero-order valence-electron chi connectivity index (χ0n) is 11.7. The average molecular weight is 271 g/mol. The molecule has 0 saturated heterocycles. The Bertz CT molecular complexity index is 542. The molecule has 4 heteroatoms. The Morgan fingerprint density at radius 3 is 2.40 bits per heavy atom. The summed E-state index contributed by atoms with van der Waals surface area (Å²) >= 11 is 0. The van der Waals surface area contributed by atoms with Gasteiger partial charge in [0.15, 0.2) is 0 Å². The zero-order chi connectivity index (χ0) is 13.8. The highest BCUT2D eigenvalue weighted by atomic mass is 16.5.